The lowest BCUT2D eigenvalue weighted by Crippen LogP contribution is -2.22. The van der Waals surface area contributed by atoms with Gasteiger partial charge in [0.05, 0.1) is 7.11 Å². The molecule has 0 aliphatic rings. The molecule has 3 rings (SSSR count). The van der Waals surface area contributed by atoms with Crippen LogP contribution in [0.3, 0.4) is 0 Å². The molecule has 0 aromatic heterocycles. The van der Waals surface area contributed by atoms with Gasteiger partial charge in [-0.15, -0.1) is 0 Å². The van der Waals surface area contributed by atoms with Crippen molar-refractivity contribution in [1.82, 2.24) is 5.32 Å². The molecule has 0 saturated heterocycles. The number of amides is 1. The summed E-state index contributed by atoms with van der Waals surface area (Å²) in [6, 6.07) is 17.8. The van der Waals surface area contributed by atoms with Gasteiger partial charge in [-0.05, 0) is 53.6 Å². The van der Waals surface area contributed by atoms with Crippen LogP contribution in [0.4, 0.5) is 4.39 Å². The second-order valence-electron chi connectivity index (χ2n) is 6.13. The maximum absolute atomic E-state index is 12.9. The largest absolute Gasteiger partial charge is 0.504 e. The number of benzene rings is 3. The first-order chi connectivity index (χ1) is 13.5. The van der Waals surface area contributed by atoms with Crippen molar-refractivity contribution in [2.45, 2.75) is 13.2 Å². The molecule has 3 aromatic rings. The predicted molar refractivity (Wildman–Crippen MR) is 103 cm³/mol. The summed E-state index contributed by atoms with van der Waals surface area (Å²) in [7, 11) is 1.47. The average Bonchev–Trinajstić information content (AvgIpc) is 2.72. The van der Waals surface area contributed by atoms with Crippen LogP contribution in [0.15, 0.2) is 66.7 Å². The average molecular weight is 381 g/mol. The minimum atomic E-state index is -0.298. The van der Waals surface area contributed by atoms with E-state index in [2.05, 4.69) is 5.32 Å². The van der Waals surface area contributed by atoms with Crippen LogP contribution in [0, 0.1) is 5.82 Å². The van der Waals surface area contributed by atoms with Crippen LogP contribution in [0.5, 0.6) is 17.2 Å². The van der Waals surface area contributed by atoms with Gasteiger partial charge in [0, 0.05) is 12.1 Å². The van der Waals surface area contributed by atoms with Crippen LogP contribution in [0.1, 0.15) is 21.5 Å². The van der Waals surface area contributed by atoms with Gasteiger partial charge < -0.3 is 19.9 Å². The van der Waals surface area contributed by atoms with E-state index < -0.39 is 0 Å². The van der Waals surface area contributed by atoms with E-state index in [1.165, 1.54) is 25.3 Å². The highest BCUT2D eigenvalue weighted by Crippen LogP contribution is 2.26. The second kappa shape index (κ2) is 8.90. The van der Waals surface area contributed by atoms with Crippen LogP contribution in [-0.2, 0) is 13.2 Å². The van der Waals surface area contributed by atoms with Gasteiger partial charge in [-0.2, -0.15) is 0 Å². The number of methoxy groups -OCH3 is 1. The summed E-state index contributed by atoms with van der Waals surface area (Å²) in [5.74, 6) is 0.391. The number of hydrogen-bond donors (Lipinski definition) is 2. The van der Waals surface area contributed by atoms with Gasteiger partial charge in [-0.25, -0.2) is 4.39 Å². The van der Waals surface area contributed by atoms with Crippen LogP contribution in [0.2, 0.25) is 0 Å². The number of nitrogens with one attached hydrogen (secondary N) is 1. The van der Waals surface area contributed by atoms with Gasteiger partial charge in [-0.1, -0.05) is 24.3 Å². The van der Waals surface area contributed by atoms with E-state index in [1.807, 2.05) is 0 Å². The van der Waals surface area contributed by atoms with Crippen molar-refractivity contribution < 1.29 is 23.8 Å². The summed E-state index contributed by atoms with van der Waals surface area (Å²) >= 11 is 0. The number of hydrogen-bond acceptors (Lipinski definition) is 4. The summed E-state index contributed by atoms with van der Waals surface area (Å²) in [5, 5.41) is 12.4. The molecule has 0 unspecified atom stereocenters. The molecule has 5 nitrogen and oxygen atoms in total. The molecule has 0 aliphatic carbocycles. The Labute approximate surface area is 162 Å². The topological polar surface area (TPSA) is 67.8 Å². The third-order valence-electron chi connectivity index (χ3n) is 4.11. The number of carbonyl (C=O) groups excluding carboxylic acids is 1. The first-order valence-electron chi connectivity index (χ1n) is 8.66. The van der Waals surface area contributed by atoms with Crippen LogP contribution < -0.4 is 14.8 Å². The summed E-state index contributed by atoms with van der Waals surface area (Å²) in [6.07, 6.45) is 0. The summed E-state index contributed by atoms with van der Waals surface area (Å²) in [4.78, 5) is 12.4. The zero-order valence-electron chi connectivity index (χ0n) is 15.3. The minimum absolute atomic E-state index is 0.0450. The van der Waals surface area contributed by atoms with E-state index in [0.717, 1.165) is 11.1 Å². The van der Waals surface area contributed by atoms with E-state index in [0.29, 0.717) is 17.1 Å². The monoisotopic (exact) mass is 381 g/mol. The van der Waals surface area contributed by atoms with Gasteiger partial charge in [0.2, 0.25) is 0 Å². The highest BCUT2D eigenvalue weighted by Gasteiger charge is 2.08. The molecule has 0 saturated carbocycles. The van der Waals surface area contributed by atoms with Crippen LogP contribution in [-0.4, -0.2) is 18.1 Å². The predicted octanol–water partition coefficient (Wildman–Crippen LogP) is 4.05. The summed E-state index contributed by atoms with van der Waals surface area (Å²) in [6.45, 7) is 0.564. The van der Waals surface area contributed by atoms with E-state index in [-0.39, 0.29) is 30.6 Å². The van der Waals surface area contributed by atoms with Gasteiger partial charge >= 0.3 is 0 Å². The molecule has 1 amide bonds. The molecule has 0 atom stereocenters. The van der Waals surface area contributed by atoms with E-state index in [4.69, 9.17) is 9.47 Å². The fourth-order valence-corrected chi connectivity index (χ4v) is 2.59. The van der Waals surface area contributed by atoms with Gasteiger partial charge in [0.1, 0.15) is 18.2 Å². The SMILES string of the molecule is COc1cc(CNC(=O)c2cccc(OCc3ccc(F)cc3)c2)ccc1O. The molecule has 0 heterocycles. The number of carbonyl (C=O) groups is 1. The zero-order chi connectivity index (χ0) is 19.9. The highest BCUT2D eigenvalue weighted by atomic mass is 19.1. The van der Waals surface area contributed by atoms with E-state index in [1.54, 1.807) is 48.5 Å². The van der Waals surface area contributed by atoms with Crippen molar-refractivity contribution in [2.75, 3.05) is 7.11 Å². The molecule has 0 aliphatic heterocycles. The Morgan fingerprint density at radius 1 is 1.04 bits per heavy atom. The Bertz CT molecular complexity index is 957. The van der Waals surface area contributed by atoms with Gasteiger partial charge in [-0.3, -0.25) is 4.79 Å². The molecule has 0 radical (unpaired) electrons. The number of halogens is 1. The Hall–Kier alpha value is -3.54. The van der Waals surface area contributed by atoms with Crippen molar-refractivity contribution in [3.63, 3.8) is 0 Å². The van der Waals surface area contributed by atoms with Gasteiger partial charge in [0.25, 0.3) is 5.91 Å². The lowest BCUT2D eigenvalue weighted by Gasteiger charge is -2.10. The number of rotatable bonds is 7. The molecular formula is C22H20FNO4. The zero-order valence-corrected chi connectivity index (χ0v) is 15.3. The maximum Gasteiger partial charge on any atom is 0.251 e. The third-order valence-corrected chi connectivity index (χ3v) is 4.11. The first-order valence-corrected chi connectivity index (χ1v) is 8.66. The fraction of sp³-hybridized carbons (Fsp3) is 0.136. The van der Waals surface area contributed by atoms with Crippen molar-refractivity contribution in [3.8, 4) is 17.2 Å². The van der Waals surface area contributed by atoms with Crippen LogP contribution >= 0.6 is 0 Å². The molecule has 0 bridgehead atoms. The molecule has 28 heavy (non-hydrogen) atoms. The lowest BCUT2D eigenvalue weighted by atomic mass is 10.1. The van der Waals surface area contributed by atoms with Crippen molar-refractivity contribution in [1.29, 1.82) is 0 Å². The number of phenolic OH excluding ortho intramolecular Hbond substituents is 1. The fourth-order valence-electron chi connectivity index (χ4n) is 2.59. The molecule has 144 valence electrons. The Morgan fingerprint density at radius 3 is 2.54 bits per heavy atom. The minimum Gasteiger partial charge on any atom is -0.504 e. The van der Waals surface area contributed by atoms with Crippen molar-refractivity contribution in [2.24, 2.45) is 0 Å². The number of aromatic hydroxyl groups is 1. The van der Waals surface area contributed by atoms with Crippen molar-refractivity contribution >= 4 is 5.91 Å². The van der Waals surface area contributed by atoms with Crippen molar-refractivity contribution in [3.05, 3.63) is 89.2 Å². The molecule has 2 N–H and O–H groups in total. The second-order valence-corrected chi connectivity index (χ2v) is 6.13. The quantitative estimate of drug-likeness (QED) is 0.648. The Morgan fingerprint density at radius 2 is 1.79 bits per heavy atom. The van der Waals surface area contributed by atoms with E-state index >= 15 is 0 Å². The van der Waals surface area contributed by atoms with Crippen LogP contribution in [0.25, 0.3) is 0 Å². The highest BCUT2D eigenvalue weighted by molar-refractivity contribution is 5.94. The van der Waals surface area contributed by atoms with E-state index in [9.17, 15) is 14.3 Å². The maximum atomic E-state index is 12.9. The molecule has 0 spiro atoms. The Kier molecular flexibility index (Phi) is 6.11. The number of ether oxygens (including phenoxy) is 2. The molecule has 3 aromatic carbocycles. The standard InChI is InChI=1S/C22H20FNO4/c1-27-21-11-16(7-10-20(21)25)13-24-22(26)17-3-2-4-19(12-17)28-14-15-5-8-18(23)9-6-15/h2-12,25H,13-14H2,1H3,(H,24,26). The normalized spacial score (nSPS) is 10.4. The molecule has 0 fully saturated rings. The lowest BCUT2D eigenvalue weighted by molar-refractivity contribution is 0.0950. The third kappa shape index (κ3) is 5.01. The van der Waals surface area contributed by atoms with Gasteiger partial charge in [0.15, 0.2) is 11.5 Å². The molecule has 6 heteroatoms. The molecular weight excluding hydrogens is 361 g/mol. The first kappa shape index (κ1) is 19.2. The smallest absolute Gasteiger partial charge is 0.251 e. The Balaban J connectivity index is 1.59. The summed E-state index contributed by atoms with van der Waals surface area (Å²) in [5.41, 5.74) is 2.09. The number of phenols is 1. The summed E-state index contributed by atoms with van der Waals surface area (Å²) < 4.78 is 23.7.